The van der Waals surface area contributed by atoms with Gasteiger partial charge in [-0.2, -0.15) is 0 Å². The van der Waals surface area contributed by atoms with Crippen LogP contribution in [-0.2, 0) is 0 Å². The number of aryl methyl sites for hydroxylation is 1. The first kappa shape index (κ1) is 11.3. The van der Waals surface area contributed by atoms with Crippen LogP contribution in [0.15, 0.2) is 22.7 Å². The van der Waals surface area contributed by atoms with Crippen molar-refractivity contribution < 1.29 is 5.11 Å². The van der Waals surface area contributed by atoms with E-state index in [-0.39, 0.29) is 0 Å². The summed E-state index contributed by atoms with van der Waals surface area (Å²) in [6.07, 6.45) is 0.0226. The fraction of sp³-hybridized carbons (Fsp3) is 0.333. The van der Waals surface area contributed by atoms with Gasteiger partial charge in [0.1, 0.15) is 0 Å². The molecule has 0 bridgehead atoms. The van der Waals surface area contributed by atoms with Gasteiger partial charge in [0.25, 0.3) is 0 Å². The molecule has 0 aromatic heterocycles. The van der Waals surface area contributed by atoms with Crippen LogP contribution in [-0.4, -0.2) is 5.11 Å². The van der Waals surface area contributed by atoms with Gasteiger partial charge in [0.15, 0.2) is 0 Å². The number of halogens is 1. The molecule has 0 saturated heterocycles. The average Bonchev–Trinajstić information content (AvgIpc) is 2.14. The molecular formula is C12H13BrO. The van der Waals surface area contributed by atoms with Crippen molar-refractivity contribution in [1.82, 2.24) is 0 Å². The summed E-state index contributed by atoms with van der Waals surface area (Å²) in [4.78, 5) is 0. The highest BCUT2D eigenvalue weighted by molar-refractivity contribution is 9.10. The summed E-state index contributed by atoms with van der Waals surface area (Å²) in [6.45, 7) is 3.77. The van der Waals surface area contributed by atoms with Crippen LogP contribution in [0, 0.1) is 18.8 Å². The van der Waals surface area contributed by atoms with Crippen molar-refractivity contribution in [1.29, 1.82) is 0 Å². The van der Waals surface area contributed by atoms with Crippen molar-refractivity contribution in [3.05, 3.63) is 33.8 Å². The minimum atomic E-state index is -0.476. The van der Waals surface area contributed by atoms with Gasteiger partial charge in [-0.25, -0.2) is 0 Å². The third-order valence-electron chi connectivity index (χ3n) is 2.06. The topological polar surface area (TPSA) is 20.2 Å². The Morgan fingerprint density at radius 3 is 2.79 bits per heavy atom. The molecule has 0 spiro atoms. The van der Waals surface area contributed by atoms with Gasteiger partial charge >= 0.3 is 0 Å². The molecule has 1 nitrogen and oxygen atoms in total. The molecule has 1 aromatic carbocycles. The second-order valence-electron chi connectivity index (χ2n) is 3.15. The van der Waals surface area contributed by atoms with Gasteiger partial charge in [-0.1, -0.05) is 22.0 Å². The smallest absolute Gasteiger partial charge is 0.0901 e. The van der Waals surface area contributed by atoms with Crippen molar-refractivity contribution in [2.24, 2.45) is 0 Å². The number of hydrogen-bond acceptors (Lipinski definition) is 1. The average molecular weight is 253 g/mol. The molecule has 0 amide bonds. The van der Waals surface area contributed by atoms with E-state index < -0.39 is 6.10 Å². The van der Waals surface area contributed by atoms with Crippen molar-refractivity contribution in [2.45, 2.75) is 26.4 Å². The van der Waals surface area contributed by atoms with Crippen molar-refractivity contribution in [2.75, 3.05) is 0 Å². The highest BCUT2D eigenvalue weighted by Crippen LogP contribution is 2.23. The summed E-state index contributed by atoms with van der Waals surface area (Å²) in [5.41, 5.74) is 2.04. The van der Waals surface area contributed by atoms with Crippen LogP contribution in [0.25, 0.3) is 0 Å². The zero-order valence-corrected chi connectivity index (χ0v) is 9.93. The molecule has 74 valence electrons. The van der Waals surface area contributed by atoms with Crippen LogP contribution in [0.2, 0.25) is 0 Å². The molecule has 0 aliphatic carbocycles. The minimum absolute atomic E-state index is 0.476. The number of aliphatic hydroxyl groups excluding tert-OH is 1. The molecule has 1 unspecified atom stereocenters. The molecule has 1 N–H and O–H groups in total. The maximum absolute atomic E-state index is 9.81. The first-order chi connectivity index (χ1) is 6.65. The lowest BCUT2D eigenvalue weighted by Crippen LogP contribution is -1.98. The number of aliphatic hydroxyl groups is 1. The molecule has 0 heterocycles. The standard InChI is InChI=1S/C12H13BrO/c1-3-4-5-12(14)11-7-6-10(13)8-9(11)2/h6-8,12,14H,5H2,1-2H3. The van der Waals surface area contributed by atoms with Crippen LogP contribution < -0.4 is 0 Å². The number of benzene rings is 1. The largest absolute Gasteiger partial charge is 0.387 e. The lowest BCUT2D eigenvalue weighted by Gasteiger charge is -2.10. The summed E-state index contributed by atoms with van der Waals surface area (Å²) in [7, 11) is 0. The van der Waals surface area contributed by atoms with Crippen LogP contribution in [0.5, 0.6) is 0 Å². The van der Waals surface area contributed by atoms with Gasteiger partial charge in [0, 0.05) is 10.9 Å². The highest BCUT2D eigenvalue weighted by Gasteiger charge is 2.08. The molecule has 0 saturated carbocycles. The molecule has 0 radical (unpaired) electrons. The van der Waals surface area contributed by atoms with Gasteiger partial charge in [0.2, 0.25) is 0 Å². The van der Waals surface area contributed by atoms with E-state index in [4.69, 9.17) is 0 Å². The Morgan fingerprint density at radius 2 is 2.21 bits per heavy atom. The van der Waals surface area contributed by atoms with Gasteiger partial charge in [-0.05, 0) is 37.1 Å². The monoisotopic (exact) mass is 252 g/mol. The normalized spacial score (nSPS) is 11.7. The maximum atomic E-state index is 9.81. The van der Waals surface area contributed by atoms with E-state index in [2.05, 4.69) is 27.8 Å². The molecule has 2 heteroatoms. The SMILES string of the molecule is CC#CCC(O)c1ccc(Br)cc1C. The van der Waals surface area contributed by atoms with Crippen LogP contribution in [0.3, 0.4) is 0 Å². The zero-order valence-electron chi connectivity index (χ0n) is 8.34. The molecule has 1 atom stereocenters. The summed E-state index contributed by atoms with van der Waals surface area (Å²) in [5.74, 6) is 5.66. The van der Waals surface area contributed by atoms with E-state index in [1.807, 2.05) is 25.1 Å². The molecule has 0 fully saturated rings. The summed E-state index contributed by atoms with van der Waals surface area (Å²) < 4.78 is 1.03. The first-order valence-electron chi connectivity index (χ1n) is 4.49. The van der Waals surface area contributed by atoms with E-state index in [0.717, 1.165) is 15.6 Å². The minimum Gasteiger partial charge on any atom is -0.387 e. The Balaban J connectivity index is 2.88. The highest BCUT2D eigenvalue weighted by atomic mass is 79.9. The van der Waals surface area contributed by atoms with E-state index in [1.54, 1.807) is 6.92 Å². The third kappa shape index (κ3) is 2.87. The molecule has 0 aliphatic heterocycles. The Hall–Kier alpha value is -0.780. The lowest BCUT2D eigenvalue weighted by molar-refractivity contribution is 0.183. The van der Waals surface area contributed by atoms with Crippen LogP contribution in [0.1, 0.15) is 30.6 Å². The second kappa shape index (κ2) is 5.19. The molecular weight excluding hydrogens is 240 g/mol. The van der Waals surface area contributed by atoms with Gasteiger partial charge < -0.3 is 5.11 Å². The van der Waals surface area contributed by atoms with Crippen molar-refractivity contribution in [3.63, 3.8) is 0 Å². The van der Waals surface area contributed by atoms with E-state index in [1.165, 1.54) is 0 Å². The second-order valence-corrected chi connectivity index (χ2v) is 4.06. The van der Waals surface area contributed by atoms with Gasteiger partial charge in [-0.15, -0.1) is 11.8 Å². The van der Waals surface area contributed by atoms with E-state index in [9.17, 15) is 5.11 Å². The predicted octanol–water partition coefficient (Wildman–Crippen LogP) is 3.20. The van der Waals surface area contributed by atoms with Gasteiger partial charge in [-0.3, -0.25) is 0 Å². The third-order valence-corrected chi connectivity index (χ3v) is 2.56. The van der Waals surface area contributed by atoms with Gasteiger partial charge in [0.05, 0.1) is 6.10 Å². The van der Waals surface area contributed by atoms with E-state index in [0.29, 0.717) is 6.42 Å². The lowest BCUT2D eigenvalue weighted by atomic mass is 10.0. The Labute approximate surface area is 93.3 Å². The number of hydrogen-bond donors (Lipinski definition) is 1. The van der Waals surface area contributed by atoms with Crippen LogP contribution in [0.4, 0.5) is 0 Å². The maximum Gasteiger partial charge on any atom is 0.0901 e. The summed E-state index contributed by atoms with van der Waals surface area (Å²) >= 11 is 3.39. The Morgan fingerprint density at radius 1 is 1.50 bits per heavy atom. The molecule has 1 rings (SSSR count). The first-order valence-corrected chi connectivity index (χ1v) is 5.28. The predicted molar refractivity (Wildman–Crippen MR) is 61.9 cm³/mol. The fourth-order valence-corrected chi connectivity index (χ4v) is 1.80. The van der Waals surface area contributed by atoms with E-state index >= 15 is 0 Å². The quantitative estimate of drug-likeness (QED) is 0.802. The van der Waals surface area contributed by atoms with Crippen molar-refractivity contribution >= 4 is 15.9 Å². The summed E-state index contributed by atoms with van der Waals surface area (Å²) in [5, 5.41) is 9.81. The van der Waals surface area contributed by atoms with Crippen molar-refractivity contribution in [3.8, 4) is 11.8 Å². The Kier molecular flexibility index (Phi) is 4.19. The van der Waals surface area contributed by atoms with Crippen LogP contribution >= 0.6 is 15.9 Å². The fourth-order valence-electron chi connectivity index (χ4n) is 1.32. The zero-order chi connectivity index (χ0) is 10.6. The molecule has 0 aliphatic rings. The molecule has 1 aromatic rings. The Bertz CT molecular complexity index is 374. The number of rotatable bonds is 2. The summed E-state index contributed by atoms with van der Waals surface area (Å²) in [6, 6.07) is 5.87. The molecule has 14 heavy (non-hydrogen) atoms.